The second-order valence-corrected chi connectivity index (χ2v) is 2.90. The number of benzene rings is 1. The van der Waals surface area contributed by atoms with Crippen molar-refractivity contribution in [1.29, 1.82) is 0 Å². The van der Waals surface area contributed by atoms with Crippen molar-refractivity contribution in [2.24, 2.45) is 5.73 Å². The van der Waals surface area contributed by atoms with Crippen molar-refractivity contribution in [3.63, 3.8) is 0 Å². The summed E-state index contributed by atoms with van der Waals surface area (Å²) in [6.07, 6.45) is 0. The first-order valence-corrected chi connectivity index (χ1v) is 4.01. The van der Waals surface area contributed by atoms with E-state index in [0.717, 1.165) is 0 Å². The normalized spacial score (nSPS) is 12.2. The third kappa shape index (κ3) is 2.76. The maximum Gasteiger partial charge on any atom is 0.240 e. The smallest absolute Gasteiger partial charge is 0.240 e. The van der Waals surface area contributed by atoms with Gasteiger partial charge in [0.15, 0.2) is 0 Å². The van der Waals surface area contributed by atoms with Crippen LogP contribution in [0.25, 0.3) is 0 Å². The van der Waals surface area contributed by atoms with E-state index in [1.807, 2.05) is 0 Å². The number of nitrogens with one attached hydrogen (secondary N) is 1. The number of carbonyl (C=O) groups is 1. The van der Waals surface area contributed by atoms with Crippen LogP contribution < -0.4 is 16.8 Å². The molecule has 1 aromatic rings. The number of hydrogen-bond acceptors (Lipinski definition) is 3. The summed E-state index contributed by atoms with van der Waals surface area (Å²) in [5.41, 5.74) is 12.2. The van der Waals surface area contributed by atoms with Gasteiger partial charge in [-0.25, -0.2) is 0 Å². The van der Waals surface area contributed by atoms with Crippen LogP contribution in [-0.4, -0.2) is 11.9 Å². The molecule has 0 bridgehead atoms. The van der Waals surface area contributed by atoms with Gasteiger partial charge in [-0.05, 0) is 31.2 Å². The first-order chi connectivity index (χ1) is 6.09. The van der Waals surface area contributed by atoms with Crippen molar-refractivity contribution < 1.29 is 4.79 Å². The molecule has 0 aromatic heterocycles. The van der Waals surface area contributed by atoms with E-state index in [9.17, 15) is 4.79 Å². The molecule has 0 saturated carbocycles. The van der Waals surface area contributed by atoms with Gasteiger partial charge < -0.3 is 16.8 Å². The van der Waals surface area contributed by atoms with Crippen LogP contribution in [0.4, 0.5) is 11.4 Å². The van der Waals surface area contributed by atoms with Gasteiger partial charge in [-0.15, -0.1) is 0 Å². The third-order valence-corrected chi connectivity index (χ3v) is 1.59. The fraction of sp³-hybridized carbons (Fsp3) is 0.222. The van der Waals surface area contributed by atoms with E-state index in [2.05, 4.69) is 5.32 Å². The summed E-state index contributed by atoms with van der Waals surface area (Å²) < 4.78 is 0. The number of hydrogen-bond donors (Lipinski definition) is 3. The monoisotopic (exact) mass is 179 g/mol. The van der Waals surface area contributed by atoms with Crippen LogP contribution in [0.5, 0.6) is 0 Å². The Morgan fingerprint density at radius 1 is 1.38 bits per heavy atom. The molecule has 0 aliphatic rings. The highest BCUT2D eigenvalue weighted by Crippen LogP contribution is 2.10. The van der Waals surface area contributed by atoms with E-state index in [-0.39, 0.29) is 5.91 Å². The summed E-state index contributed by atoms with van der Waals surface area (Å²) >= 11 is 0. The van der Waals surface area contributed by atoms with Crippen LogP contribution >= 0.6 is 0 Å². The highest BCUT2D eigenvalue weighted by atomic mass is 16.2. The second kappa shape index (κ2) is 3.91. The first-order valence-electron chi connectivity index (χ1n) is 4.01. The van der Waals surface area contributed by atoms with Crippen molar-refractivity contribution in [2.45, 2.75) is 13.0 Å². The van der Waals surface area contributed by atoms with Gasteiger partial charge >= 0.3 is 0 Å². The number of anilines is 2. The Bertz CT molecular complexity index is 292. The van der Waals surface area contributed by atoms with Crippen LogP contribution in [0, 0.1) is 0 Å². The van der Waals surface area contributed by atoms with E-state index in [0.29, 0.717) is 11.4 Å². The lowest BCUT2D eigenvalue weighted by atomic mass is 10.2. The molecule has 0 aliphatic heterocycles. The SMILES string of the molecule is C[C@H](N)C(=O)Nc1ccc(N)cc1. The molecule has 70 valence electrons. The summed E-state index contributed by atoms with van der Waals surface area (Å²) in [5, 5.41) is 2.65. The molecule has 1 rings (SSSR count). The van der Waals surface area contributed by atoms with Gasteiger partial charge in [0.1, 0.15) is 0 Å². The third-order valence-electron chi connectivity index (χ3n) is 1.59. The average molecular weight is 179 g/mol. The van der Waals surface area contributed by atoms with Crippen molar-refractivity contribution in [3.05, 3.63) is 24.3 Å². The Balaban J connectivity index is 2.65. The molecular formula is C9H13N3O. The first kappa shape index (κ1) is 9.54. The minimum absolute atomic E-state index is 0.204. The molecule has 0 saturated heterocycles. The highest BCUT2D eigenvalue weighted by molar-refractivity contribution is 5.94. The predicted molar refractivity (Wildman–Crippen MR) is 53.1 cm³/mol. The number of carbonyl (C=O) groups excluding carboxylic acids is 1. The molecule has 1 aromatic carbocycles. The molecule has 5 N–H and O–H groups in total. The number of nitrogen functional groups attached to an aromatic ring is 1. The Kier molecular flexibility index (Phi) is 2.87. The van der Waals surface area contributed by atoms with Crippen molar-refractivity contribution >= 4 is 17.3 Å². The summed E-state index contributed by atoms with van der Waals surface area (Å²) in [6, 6.07) is 6.40. The second-order valence-electron chi connectivity index (χ2n) is 2.90. The minimum Gasteiger partial charge on any atom is -0.399 e. The van der Waals surface area contributed by atoms with Crippen LogP contribution in [-0.2, 0) is 4.79 Å². The average Bonchev–Trinajstić information content (AvgIpc) is 2.08. The topological polar surface area (TPSA) is 81.1 Å². The van der Waals surface area contributed by atoms with Crippen molar-refractivity contribution in [3.8, 4) is 0 Å². The largest absolute Gasteiger partial charge is 0.399 e. The lowest BCUT2D eigenvalue weighted by Gasteiger charge is -2.07. The zero-order valence-corrected chi connectivity index (χ0v) is 7.45. The zero-order valence-electron chi connectivity index (χ0n) is 7.45. The molecule has 1 amide bonds. The van der Waals surface area contributed by atoms with Gasteiger partial charge in [0, 0.05) is 11.4 Å². The Morgan fingerprint density at radius 2 is 1.92 bits per heavy atom. The van der Waals surface area contributed by atoms with E-state index < -0.39 is 6.04 Å². The molecule has 0 unspecified atom stereocenters. The maximum atomic E-state index is 11.1. The zero-order chi connectivity index (χ0) is 9.84. The Hall–Kier alpha value is -1.55. The molecule has 0 aliphatic carbocycles. The van der Waals surface area contributed by atoms with E-state index >= 15 is 0 Å². The van der Waals surface area contributed by atoms with Gasteiger partial charge in [-0.2, -0.15) is 0 Å². The molecule has 0 radical (unpaired) electrons. The summed E-state index contributed by atoms with van der Waals surface area (Å²) in [4.78, 5) is 11.1. The van der Waals surface area contributed by atoms with E-state index in [1.165, 1.54) is 0 Å². The minimum atomic E-state index is -0.502. The number of rotatable bonds is 2. The van der Waals surface area contributed by atoms with Crippen LogP contribution in [0.15, 0.2) is 24.3 Å². The predicted octanol–water partition coefficient (Wildman–Crippen LogP) is 0.554. The van der Waals surface area contributed by atoms with Crippen molar-refractivity contribution in [1.82, 2.24) is 0 Å². The van der Waals surface area contributed by atoms with Gasteiger partial charge in [-0.1, -0.05) is 0 Å². The van der Waals surface area contributed by atoms with Crippen LogP contribution in [0.2, 0.25) is 0 Å². The molecule has 4 nitrogen and oxygen atoms in total. The van der Waals surface area contributed by atoms with Gasteiger partial charge in [0.05, 0.1) is 6.04 Å². The molecule has 0 heterocycles. The van der Waals surface area contributed by atoms with Crippen LogP contribution in [0.3, 0.4) is 0 Å². The number of nitrogens with two attached hydrogens (primary N) is 2. The Labute approximate surface area is 76.9 Å². The molecule has 0 spiro atoms. The lowest BCUT2D eigenvalue weighted by molar-refractivity contribution is -0.117. The van der Waals surface area contributed by atoms with Crippen LogP contribution in [0.1, 0.15) is 6.92 Å². The molecule has 13 heavy (non-hydrogen) atoms. The van der Waals surface area contributed by atoms with Crippen molar-refractivity contribution in [2.75, 3.05) is 11.1 Å². The molecule has 4 heteroatoms. The van der Waals surface area contributed by atoms with E-state index in [4.69, 9.17) is 11.5 Å². The fourth-order valence-electron chi connectivity index (χ4n) is 0.823. The summed E-state index contributed by atoms with van der Waals surface area (Å²) in [5.74, 6) is -0.204. The van der Waals surface area contributed by atoms with Gasteiger partial charge in [-0.3, -0.25) is 4.79 Å². The summed E-state index contributed by atoms with van der Waals surface area (Å²) in [6.45, 7) is 1.63. The lowest BCUT2D eigenvalue weighted by Crippen LogP contribution is -2.32. The highest BCUT2D eigenvalue weighted by Gasteiger charge is 2.06. The van der Waals surface area contributed by atoms with E-state index in [1.54, 1.807) is 31.2 Å². The summed E-state index contributed by atoms with van der Waals surface area (Å²) in [7, 11) is 0. The Morgan fingerprint density at radius 3 is 2.38 bits per heavy atom. The molecule has 0 fully saturated rings. The van der Waals surface area contributed by atoms with Gasteiger partial charge in [0.2, 0.25) is 5.91 Å². The molecule has 1 atom stereocenters. The number of amides is 1. The standard InChI is InChI=1S/C9H13N3O/c1-6(10)9(13)12-8-4-2-7(11)3-5-8/h2-6H,10-11H2,1H3,(H,12,13)/t6-/m0/s1. The molecular weight excluding hydrogens is 166 g/mol. The quantitative estimate of drug-likeness (QED) is 0.580. The maximum absolute atomic E-state index is 11.1. The van der Waals surface area contributed by atoms with Gasteiger partial charge in [0.25, 0.3) is 0 Å². The fourth-order valence-corrected chi connectivity index (χ4v) is 0.823.